The van der Waals surface area contributed by atoms with Crippen molar-refractivity contribution >= 4 is 17.3 Å². The van der Waals surface area contributed by atoms with Crippen LogP contribution in [0.25, 0.3) is 0 Å². The average molecular weight is 267 g/mol. The molecule has 0 spiro atoms. The van der Waals surface area contributed by atoms with Crippen LogP contribution in [0.4, 0.5) is 5.69 Å². The minimum absolute atomic E-state index is 0.341. The van der Waals surface area contributed by atoms with Gasteiger partial charge in [-0.05, 0) is 44.5 Å². The lowest BCUT2D eigenvalue weighted by Gasteiger charge is -2.28. The van der Waals surface area contributed by atoms with Gasteiger partial charge < -0.3 is 10.2 Å². The SMILES string of the molecule is CNC(C)c1ccc(N(C)C2CCCC2)c(Cl)c1. The molecule has 1 saturated carbocycles. The van der Waals surface area contributed by atoms with Crippen molar-refractivity contribution in [1.29, 1.82) is 0 Å². The van der Waals surface area contributed by atoms with Gasteiger partial charge in [0.2, 0.25) is 0 Å². The zero-order valence-electron chi connectivity index (χ0n) is 11.5. The maximum absolute atomic E-state index is 6.43. The highest BCUT2D eigenvalue weighted by molar-refractivity contribution is 6.33. The first-order valence-corrected chi connectivity index (χ1v) is 7.21. The summed E-state index contributed by atoms with van der Waals surface area (Å²) in [6.45, 7) is 2.14. The van der Waals surface area contributed by atoms with Gasteiger partial charge in [0.05, 0.1) is 10.7 Å². The predicted molar refractivity (Wildman–Crippen MR) is 79.6 cm³/mol. The van der Waals surface area contributed by atoms with E-state index in [0.717, 1.165) is 10.7 Å². The van der Waals surface area contributed by atoms with Crippen LogP contribution in [0.2, 0.25) is 5.02 Å². The second-order valence-corrected chi connectivity index (χ2v) is 5.68. The third kappa shape index (κ3) is 2.81. The molecule has 1 aliphatic carbocycles. The molecule has 2 rings (SSSR count). The number of nitrogens with zero attached hydrogens (tertiary/aromatic N) is 1. The van der Waals surface area contributed by atoms with E-state index in [1.165, 1.54) is 31.2 Å². The van der Waals surface area contributed by atoms with Gasteiger partial charge in [-0.1, -0.05) is 30.5 Å². The van der Waals surface area contributed by atoms with Crippen LogP contribution in [0.1, 0.15) is 44.2 Å². The highest BCUT2D eigenvalue weighted by Crippen LogP contribution is 2.33. The van der Waals surface area contributed by atoms with Crippen molar-refractivity contribution in [2.75, 3.05) is 19.0 Å². The zero-order valence-corrected chi connectivity index (χ0v) is 12.3. The number of nitrogens with one attached hydrogen (secondary N) is 1. The van der Waals surface area contributed by atoms with Crippen molar-refractivity contribution in [1.82, 2.24) is 5.32 Å². The van der Waals surface area contributed by atoms with E-state index in [9.17, 15) is 0 Å². The molecule has 18 heavy (non-hydrogen) atoms. The summed E-state index contributed by atoms with van der Waals surface area (Å²) in [7, 11) is 4.13. The Morgan fingerprint density at radius 2 is 2.00 bits per heavy atom. The van der Waals surface area contributed by atoms with Crippen LogP contribution < -0.4 is 10.2 Å². The molecule has 1 unspecified atom stereocenters. The zero-order chi connectivity index (χ0) is 13.1. The van der Waals surface area contributed by atoms with Gasteiger partial charge >= 0.3 is 0 Å². The summed E-state index contributed by atoms with van der Waals surface area (Å²) >= 11 is 6.43. The van der Waals surface area contributed by atoms with Crippen molar-refractivity contribution in [3.63, 3.8) is 0 Å². The van der Waals surface area contributed by atoms with Gasteiger partial charge in [0, 0.05) is 19.1 Å². The number of rotatable bonds is 4. The molecular weight excluding hydrogens is 244 g/mol. The first-order valence-electron chi connectivity index (χ1n) is 6.83. The third-order valence-corrected chi connectivity index (χ3v) is 4.46. The molecule has 100 valence electrons. The maximum atomic E-state index is 6.43. The Kier molecular flexibility index (Phi) is 4.52. The predicted octanol–water partition coefficient (Wildman–Crippen LogP) is 4.00. The van der Waals surface area contributed by atoms with E-state index < -0.39 is 0 Å². The Labute approximate surface area is 115 Å². The van der Waals surface area contributed by atoms with Crippen molar-refractivity contribution < 1.29 is 0 Å². The summed E-state index contributed by atoms with van der Waals surface area (Å²) in [6, 6.07) is 7.42. The fourth-order valence-electron chi connectivity index (χ4n) is 2.73. The Morgan fingerprint density at radius 1 is 1.33 bits per heavy atom. The van der Waals surface area contributed by atoms with Crippen LogP contribution in [0, 0.1) is 0 Å². The Morgan fingerprint density at radius 3 is 2.56 bits per heavy atom. The lowest BCUT2D eigenvalue weighted by atomic mass is 10.1. The molecule has 1 fully saturated rings. The second kappa shape index (κ2) is 5.94. The number of hydrogen-bond acceptors (Lipinski definition) is 2. The summed E-state index contributed by atoms with van der Waals surface area (Å²) in [5.74, 6) is 0. The van der Waals surface area contributed by atoms with E-state index in [2.05, 4.69) is 42.4 Å². The monoisotopic (exact) mass is 266 g/mol. The Hall–Kier alpha value is -0.730. The molecule has 1 aliphatic rings. The van der Waals surface area contributed by atoms with Crippen molar-refractivity contribution in [3.8, 4) is 0 Å². The Balaban J connectivity index is 2.18. The molecule has 0 bridgehead atoms. The molecule has 0 aromatic heterocycles. The highest BCUT2D eigenvalue weighted by Gasteiger charge is 2.21. The van der Waals surface area contributed by atoms with Gasteiger partial charge in [0.1, 0.15) is 0 Å². The van der Waals surface area contributed by atoms with Crippen LogP contribution in [-0.4, -0.2) is 20.1 Å². The van der Waals surface area contributed by atoms with Gasteiger partial charge in [-0.25, -0.2) is 0 Å². The highest BCUT2D eigenvalue weighted by atomic mass is 35.5. The van der Waals surface area contributed by atoms with Gasteiger partial charge in [0.25, 0.3) is 0 Å². The second-order valence-electron chi connectivity index (χ2n) is 5.27. The first-order chi connectivity index (χ1) is 8.63. The molecule has 0 amide bonds. The summed E-state index contributed by atoms with van der Waals surface area (Å²) in [5.41, 5.74) is 2.40. The quantitative estimate of drug-likeness (QED) is 0.886. The fraction of sp³-hybridized carbons (Fsp3) is 0.600. The van der Waals surface area contributed by atoms with E-state index in [1.54, 1.807) is 0 Å². The number of halogens is 1. The van der Waals surface area contributed by atoms with Crippen molar-refractivity contribution in [2.24, 2.45) is 0 Å². The molecule has 0 heterocycles. The van der Waals surface area contributed by atoms with Crippen molar-refractivity contribution in [3.05, 3.63) is 28.8 Å². The van der Waals surface area contributed by atoms with E-state index in [0.29, 0.717) is 12.1 Å². The van der Waals surface area contributed by atoms with Gasteiger partial charge in [-0.2, -0.15) is 0 Å². The minimum Gasteiger partial charge on any atom is -0.370 e. The van der Waals surface area contributed by atoms with E-state index >= 15 is 0 Å². The van der Waals surface area contributed by atoms with Crippen LogP contribution in [0.5, 0.6) is 0 Å². The topological polar surface area (TPSA) is 15.3 Å². The molecule has 2 nitrogen and oxygen atoms in total. The number of anilines is 1. The third-order valence-electron chi connectivity index (χ3n) is 4.16. The normalized spacial score (nSPS) is 18.0. The van der Waals surface area contributed by atoms with Gasteiger partial charge in [-0.3, -0.25) is 0 Å². The molecule has 1 aromatic carbocycles. The standard InChI is InChI=1S/C15H23ClN2/c1-11(17-2)12-8-9-15(14(16)10-12)18(3)13-6-4-5-7-13/h8-11,13,17H,4-7H2,1-3H3. The lowest BCUT2D eigenvalue weighted by molar-refractivity contribution is 0.646. The molecule has 1 aromatic rings. The van der Waals surface area contributed by atoms with E-state index in [-0.39, 0.29) is 0 Å². The molecule has 1 N–H and O–H groups in total. The first kappa shape index (κ1) is 13.7. The lowest BCUT2D eigenvalue weighted by Crippen LogP contribution is -2.29. The Bertz CT molecular complexity index is 399. The fourth-order valence-corrected chi connectivity index (χ4v) is 3.06. The summed E-state index contributed by atoms with van der Waals surface area (Å²) < 4.78 is 0. The average Bonchev–Trinajstić information content (AvgIpc) is 2.90. The van der Waals surface area contributed by atoms with E-state index in [1.807, 2.05) is 7.05 Å². The van der Waals surface area contributed by atoms with Crippen LogP contribution >= 0.6 is 11.6 Å². The summed E-state index contributed by atoms with van der Waals surface area (Å²) in [6.07, 6.45) is 5.28. The van der Waals surface area contributed by atoms with Gasteiger partial charge in [0.15, 0.2) is 0 Å². The molecule has 0 radical (unpaired) electrons. The maximum Gasteiger partial charge on any atom is 0.0642 e. The van der Waals surface area contributed by atoms with Gasteiger partial charge in [-0.15, -0.1) is 0 Å². The smallest absolute Gasteiger partial charge is 0.0642 e. The van der Waals surface area contributed by atoms with E-state index in [4.69, 9.17) is 11.6 Å². The van der Waals surface area contributed by atoms with Crippen LogP contribution in [0.15, 0.2) is 18.2 Å². The molecular formula is C15H23ClN2. The molecule has 1 atom stereocenters. The summed E-state index contributed by atoms with van der Waals surface area (Å²) in [4.78, 5) is 2.35. The largest absolute Gasteiger partial charge is 0.370 e. The molecule has 3 heteroatoms. The summed E-state index contributed by atoms with van der Waals surface area (Å²) in [5, 5.41) is 4.10. The molecule has 0 saturated heterocycles. The van der Waals surface area contributed by atoms with Crippen LogP contribution in [0.3, 0.4) is 0 Å². The minimum atomic E-state index is 0.341. The van der Waals surface area contributed by atoms with Crippen molar-refractivity contribution in [2.45, 2.75) is 44.7 Å². The van der Waals surface area contributed by atoms with Crippen LogP contribution in [-0.2, 0) is 0 Å². The number of hydrogen-bond donors (Lipinski definition) is 1. The molecule has 0 aliphatic heterocycles. The number of benzene rings is 1.